The summed E-state index contributed by atoms with van der Waals surface area (Å²) in [4.78, 5) is 10.1. The van der Waals surface area contributed by atoms with Crippen molar-refractivity contribution in [3.63, 3.8) is 0 Å². The fourth-order valence-corrected chi connectivity index (χ4v) is 3.53. The van der Waals surface area contributed by atoms with Crippen LogP contribution in [0.4, 0.5) is 11.4 Å². The first-order valence-electron chi connectivity index (χ1n) is 6.11. The Labute approximate surface area is 116 Å². The number of benzene rings is 1. The van der Waals surface area contributed by atoms with Gasteiger partial charge in [0.2, 0.25) is 10.0 Å². The number of nitrogens with one attached hydrogen (secondary N) is 2. The summed E-state index contributed by atoms with van der Waals surface area (Å²) in [7, 11) is -3.69. The molecule has 0 bridgehead atoms. The molecule has 1 fully saturated rings. The van der Waals surface area contributed by atoms with Gasteiger partial charge in [-0.25, -0.2) is 13.1 Å². The number of nitrogens with two attached hydrogens (primary N) is 1. The minimum atomic E-state index is -3.69. The van der Waals surface area contributed by atoms with Crippen LogP contribution in [-0.4, -0.2) is 19.4 Å². The molecular formula is C11H16N4O4S. The monoisotopic (exact) mass is 300 g/mol. The highest BCUT2D eigenvalue weighted by atomic mass is 32.2. The third-order valence-electron chi connectivity index (χ3n) is 3.33. The molecule has 0 unspecified atom stereocenters. The van der Waals surface area contributed by atoms with Gasteiger partial charge < -0.3 is 5.43 Å². The smallest absolute Gasteiger partial charge is 0.293 e. The minimum absolute atomic E-state index is 0.0418. The van der Waals surface area contributed by atoms with Gasteiger partial charge in [-0.15, -0.1) is 0 Å². The zero-order chi connectivity index (χ0) is 14.9. The van der Waals surface area contributed by atoms with E-state index in [0.717, 1.165) is 25.0 Å². The summed E-state index contributed by atoms with van der Waals surface area (Å²) in [5.74, 6) is 5.70. The molecule has 0 radical (unpaired) electrons. The van der Waals surface area contributed by atoms with E-state index >= 15 is 0 Å². The molecule has 0 aliphatic heterocycles. The number of nitro groups is 1. The molecule has 0 aromatic heterocycles. The Morgan fingerprint density at radius 1 is 1.40 bits per heavy atom. The molecule has 9 heteroatoms. The van der Waals surface area contributed by atoms with Crippen LogP contribution in [0, 0.1) is 16.0 Å². The van der Waals surface area contributed by atoms with Crippen LogP contribution >= 0.6 is 0 Å². The average Bonchev–Trinajstić information content (AvgIpc) is 2.35. The molecule has 0 atom stereocenters. The second-order valence-corrected chi connectivity index (χ2v) is 6.69. The van der Waals surface area contributed by atoms with E-state index in [0.29, 0.717) is 5.92 Å². The van der Waals surface area contributed by atoms with E-state index in [2.05, 4.69) is 10.1 Å². The Morgan fingerprint density at radius 2 is 2.05 bits per heavy atom. The zero-order valence-corrected chi connectivity index (χ0v) is 11.7. The summed E-state index contributed by atoms with van der Waals surface area (Å²) in [6.07, 6.45) is 1.60. The fourth-order valence-electron chi connectivity index (χ4n) is 2.24. The first kappa shape index (κ1) is 14.7. The lowest BCUT2D eigenvalue weighted by molar-refractivity contribution is -0.384. The molecule has 1 aromatic rings. The van der Waals surface area contributed by atoms with Crippen molar-refractivity contribution >= 4 is 21.4 Å². The predicted molar refractivity (Wildman–Crippen MR) is 73.4 cm³/mol. The molecule has 1 aliphatic rings. The topological polar surface area (TPSA) is 127 Å². The molecule has 1 aromatic carbocycles. The van der Waals surface area contributed by atoms with E-state index in [1.54, 1.807) is 0 Å². The van der Waals surface area contributed by atoms with Crippen LogP contribution in [0.3, 0.4) is 0 Å². The highest BCUT2D eigenvalue weighted by Crippen LogP contribution is 2.30. The lowest BCUT2D eigenvalue weighted by atomic mass is 9.83. The summed E-state index contributed by atoms with van der Waals surface area (Å²) in [5, 5.41) is 10.8. The number of sulfonamides is 1. The third kappa shape index (κ3) is 2.89. The second kappa shape index (κ2) is 5.35. The number of rotatable bonds is 5. The van der Waals surface area contributed by atoms with Crippen molar-refractivity contribution < 1.29 is 13.3 Å². The number of hydrogen-bond donors (Lipinski definition) is 3. The summed E-state index contributed by atoms with van der Waals surface area (Å²) in [6, 6.07) is 3.40. The van der Waals surface area contributed by atoms with Crippen molar-refractivity contribution in [3.8, 4) is 0 Å². The number of hydrazine groups is 1. The van der Waals surface area contributed by atoms with Gasteiger partial charge in [-0.2, -0.15) is 0 Å². The van der Waals surface area contributed by atoms with Crippen molar-refractivity contribution in [3.05, 3.63) is 28.3 Å². The molecule has 1 saturated carbocycles. The van der Waals surface area contributed by atoms with Crippen molar-refractivity contribution in [1.82, 2.24) is 4.72 Å². The number of nitrogens with zero attached hydrogens (tertiary/aromatic N) is 1. The van der Waals surface area contributed by atoms with Crippen molar-refractivity contribution in [1.29, 1.82) is 0 Å². The maximum absolute atomic E-state index is 12.1. The van der Waals surface area contributed by atoms with Gasteiger partial charge >= 0.3 is 0 Å². The molecule has 1 aliphatic carbocycles. The van der Waals surface area contributed by atoms with Gasteiger partial charge in [-0.3, -0.25) is 16.0 Å². The van der Waals surface area contributed by atoms with Gasteiger partial charge in [-0.05, 0) is 30.9 Å². The number of hydrogen-bond acceptors (Lipinski definition) is 6. The van der Waals surface area contributed by atoms with E-state index in [1.807, 2.05) is 6.92 Å². The lowest BCUT2D eigenvalue weighted by Gasteiger charge is -2.32. The van der Waals surface area contributed by atoms with Crippen LogP contribution in [0.2, 0.25) is 0 Å². The van der Waals surface area contributed by atoms with Crippen LogP contribution < -0.4 is 16.0 Å². The highest BCUT2D eigenvalue weighted by Gasteiger charge is 2.30. The van der Waals surface area contributed by atoms with Gasteiger partial charge in [-0.1, -0.05) is 6.92 Å². The van der Waals surface area contributed by atoms with Crippen LogP contribution in [0.25, 0.3) is 0 Å². The summed E-state index contributed by atoms with van der Waals surface area (Å²) < 4.78 is 26.9. The molecule has 20 heavy (non-hydrogen) atoms. The first-order chi connectivity index (χ1) is 9.33. The van der Waals surface area contributed by atoms with E-state index in [9.17, 15) is 18.5 Å². The molecule has 0 amide bonds. The molecule has 0 saturated heterocycles. The van der Waals surface area contributed by atoms with Crippen LogP contribution in [-0.2, 0) is 10.0 Å². The quantitative estimate of drug-likeness (QED) is 0.422. The Balaban J connectivity index is 2.25. The first-order valence-corrected chi connectivity index (χ1v) is 7.59. The van der Waals surface area contributed by atoms with Crippen molar-refractivity contribution in [2.24, 2.45) is 11.8 Å². The van der Waals surface area contributed by atoms with Crippen LogP contribution in [0.15, 0.2) is 23.1 Å². The van der Waals surface area contributed by atoms with Gasteiger partial charge in [0.1, 0.15) is 5.69 Å². The summed E-state index contributed by atoms with van der Waals surface area (Å²) in [6.45, 7) is 2.05. The molecule has 0 spiro atoms. The zero-order valence-electron chi connectivity index (χ0n) is 10.9. The number of nitro benzene ring substituents is 1. The van der Waals surface area contributed by atoms with Gasteiger partial charge in [0.25, 0.3) is 5.69 Å². The molecule has 8 nitrogen and oxygen atoms in total. The summed E-state index contributed by atoms with van der Waals surface area (Å²) >= 11 is 0. The highest BCUT2D eigenvalue weighted by molar-refractivity contribution is 7.89. The molecular weight excluding hydrogens is 284 g/mol. The summed E-state index contributed by atoms with van der Waals surface area (Å²) in [5.41, 5.74) is 1.83. The maximum Gasteiger partial charge on any atom is 0.293 e. The maximum atomic E-state index is 12.1. The van der Waals surface area contributed by atoms with E-state index in [-0.39, 0.29) is 22.3 Å². The Morgan fingerprint density at radius 3 is 2.55 bits per heavy atom. The normalized spacial score (nSPS) is 22.1. The molecule has 4 N–H and O–H groups in total. The van der Waals surface area contributed by atoms with E-state index < -0.39 is 14.9 Å². The van der Waals surface area contributed by atoms with Crippen molar-refractivity contribution in [2.45, 2.75) is 30.7 Å². The van der Waals surface area contributed by atoms with Crippen LogP contribution in [0.5, 0.6) is 0 Å². The van der Waals surface area contributed by atoms with Gasteiger partial charge in [0.05, 0.1) is 9.82 Å². The van der Waals surface area contributed by atoms with Gasteiger partial charge in [0.15, 0.2) is 0 Å². The third-order valence-corrected chi connectivity index (χ3v) is 4.84. The average molecular weight is 300 g/mol. The Bertz CT molecular complexity index is 625. The van der Waals surface area contributed by atoms with E-state index in [1.165, 1.54) is 6.07 Å². The van der Waals surface area contributed by atoms with Crippen LogP contribution in [0.1, 0.15) is 19.8 Å². The van der Waals surface area contributed by atoms with E-state index in [4.69, 9.17) is 5.84 Å². The molecule has 0 heterocycles. The van der Waals surface area contributed by atoms with Crippen molar-refractivity contribution in [2.75, 3.05) is 5.43 Å². The minimum Gasteiger partial charge on any atom is -0.318 e. The lowest BCUT2D eigenvalue weighted by Crippen LogP contribution is -2.43. The molecule has 2 rings (SSSR count). The Kier molecular flexibility index (Phi) is 3.93. The number of anilines is 1. The fraction of sp³-hybridized carbons (Fsp3) is 0.455. The second-order valence-electron chi connectivity index (χ2n) is 4.98. The van der Waals surface area contributed by atoms with Gasteiger partial charge in [0, 0.05) is 12.1 Å². The SMILES string of the molecule is CC1CC(NS(=O)(=O)c2ccc([N+](=O)[O-])c(NN)c2)C1. The largest absolute Gasteiger partial charge is 0.318 e. The predicted octanol–water partition coefficient (Wildman–Crippen LogP) is 0.957. The Hall–Kier alpha value is -1.71. The standard InChI is InChI=1S/C11H16N4O4S/c1-7-4-8(5-7)14-20(18,19)9-2-3-11(15(16)17)10(6-9)13-12/h2-3,6-8,13-14H,4-5,12H2,1H3. The molecule has 110 valence electrons. The number of nitrogen functional groups attached to an aromatic ring is 1.